The Morgan fingerprint density at radius 1 is 0.571 bits per heavy atom. The molecule has 0 amide bonds. The zero-order valence-electron chi connectivity index (χ0n) is 22.7. The minimum absolute atomic E-state index is 0.187. The monoisotopic (exact) mass is 502 g/mol. The van der Waals surface area contributed by atoms with Crippen molar-refractivity contribution in [2.45, 2.75) is 135 Å². The summed E-state index contributed by atoms with van der Waals surface area (Å²) in [6.45, 7) is 5.00. The molecule has 0 fully saturated rings. The van der Waals surface area contributed by atoms with Crippen molar-refractivity contribution in [3.05, 3.63) is 0 Å². The van der Waals surface area contributed by atoms with Gasteiger partial charge in [0.25, 0.3) is 0 Å². The minimum atomic E-state index is -1.15. The molecule has 0 aromatic rings. The van der Waals surface area contributed by atoms with Gasteiger partial charge in [-0.1, -0.05) is 104 Å². The van der Waals surface area contributed by atoms with E-state index < -0.39 is 17.5 Å². The standard InChI is InChI=1S/C28H54O7/c1-3-5-7-9-11-13-15-17-19-28(27(31)32,20-18-16-14-12-10-8-6-4-2)35-24-23-33-21-22-34-25-26(29)30/h3-25H2,1-2H3,(H,29,30)(H,31,32). The lowest BCUT2D eigenvalue weighted by Crippen LogP contribution is -2.42. The van der Waals surface area contributed by atoms with E-state index >= 15 is 0 Å². The van der Waals surface area contributed by atoms with Gasteiger partial charge in [-0.2, -0.15) is 0 Å². The second-order valence-electron chi connectivity index (χ2n) is 9.66. The molecule has 0 spiro atoms. The molecule has 0 atom stereocenters. The molecule has 2 N–H and O–H groups in total. The lowest BCUT2D eigenvalue weighted by molar-refractivity contribution is -0.171. The van der Waals surface area contributed by atoms with Gasteiger partial charge < -0.3 is 24.4 Å². The Kier molecular flexibility index (Phi) is 23.7. The molecule has 7 nitrogen and oxygen atoms in total. The first-order valence-electron chi connectivity index (χ1n) is 14.2. The molecule has 0 aliphatic carbocycles. The number of aliphatic carboxylic acids is 2. The van der Waals surface area contributed by atoms with Gasteiger partial charge in [0, 0.05) is 0 Å². The second-order valence-corrected chi connectivity index (χ2v) is 9.66. The van der Waals surface area contributed by atoms with Gasteiger partial charge in [0.2, 0.25) is 0 Å². The number of hydrogen-bond acceptors (Lipinski definition) is 5. The Labute approximate surface area is 214 Å². The van der Waals surface area contributed by atoms with E-state index in [0.717, 1.165) is 38.5 Å². The number of carboxylic acid groups (broad SMARTS) is 2. The summed E-state index contributed by atoms with van der Waals surface area (Å²) in [6, 6.07) is 0. The summed E-state index contributed by atoms with van der Waals surface area (Å²) < 4.78 is 16.4. The number of ether oxygens (including phenoxy) is 3. The Morgan fingerprint density at radius 3 is 1.40 bits per heavy atom. The summed E-state index contributed by atoms with van der Waals surface area (Å²) in [5.74, 6) is -1.88. The van der Waals surface area contributed by atoms with E-state index in [1.165, 1.54) is 64.2 Å². The molecule has 0 bridgehead atoms. The fourth-order valence-electron chi connectivity index (χ4n) is 4.31. The summed E-state index contributed by atoms with van der Waals surface area (Å²) in [6.07, 6.45) is 19.8. The van der Waals surface area contributed by atoms with Crippen molar-refractivity contribution in [2.24, 2.45) is 0 Å². The van der Waals surface area contributed by atoms with Gasteiger partial charge in [-0.25, -0.2) is 9.59 Å². The van der Waals surface area contributed by atoms with E-state index in [4.69, 9.17) is 19.3 Å². The van der Waals surface area contributed by atoms with Crippen LogP contribution in [0.15, 0.2) is 0 Å². The van der Waals surface area contributed by atoms with E-state index in [2.05, 4.69) is 13.8 Å². The molecule has 0 rings (SSSR count). The Hall–Kier alpha value is -1.18. The van der Waals surface area contributed by atoms with Crippen LogP contribution >= 0.6 is 0 Å². The van der Waals surface area contributed by atoms with E-state index in [0.29, 0.717) is 12.8 Å². The van der Waals surface area contributed by atoms with Crippen molar-refractivity contribution in [2.75, 3.05) is 33.0 Å². The molecule has 208 valence electrons. The van der Waals surface area contributed by atoms with Gasteiger partial charge >= 0.3 is 11.9 Å². The normalized spacial score (nSPS) is 11.7. The average Bonchev–Trinajstić information content (AvgIpc) is 2.83. The third-order valence-corrected chi connectivity index (χ3v) is 6.46. The molecule has 0 aromatic heterocycles. The lowest BCUT2D eigenvalue weighted by atomic mass is 9.89. The molecule has 0 aliphatic rings. The highest BCUT2D eigenvalue weighted by atomic mass is 16.6. The first-order chi connectivity index (χ1) is 17.0. The molecule has 0 aromatic carbocycles. The van der Waals surface area contributed by atoms with Crippen LogP contribution in [0.5, 0.6) is 0 Å². The molecule has 0 saturated carbocycles. The van der Waals surface area contributed by atoms with E-state index in [9.17, 15) is 14.7 Å². The van der Waals surface area contributed by atoms with Crippen LogP contribution in [0.1, 0.15) is 129 Å². The highest BCUT2D eigenvalue weighted by Crippen LogP contribution is 2.28. The molecular formula is C28H54O7. The second kappa shape index (κ2) is 24.5. The van der Waals surface area contributed by atoms with Crippen LogP contribution in [0.2, 0.25) is 0 Å². The highest BCUT2D eigenvalue weighted by molar-refractivity contribution is 5.77. The SMILES string of the molecule is CCCCCCCCCCC(CCCCCCCCCC)(OCCOCCOCC(=O)O)C(=O)O. The summed E-state index contributed by atoms with van der Waals surface area (Å²) in [5, 5.41) is 18.7. The van der Waals surface area contributed by atoms with Crippen molar-refractivity contribution < 1.29 is 34.0 Å². The maximum absolute atomic E-state index is 12.3. The van der Waals surface area contributed by atoms with Gasteiger partial charge in [0.15, 0.2) is 5.60 Å². The Bertz CT molecular complexity index is 476. The number of hydrogen-bond donors (Lipinski definition) is 2. The third-order valence-electron chi connectivity index (χ3n) is 6.46. The zero-order valence-corrected chi connectivity index (χ0v) is 22.7. The third kappa shape index (κ3) is 20.7. The molecule has 35 heavy (non-hydrogen) atoms. The zero-order chi connectivity index (χ0) is 26.0. The van der Waals surface area contributed by atoms with Gasteiger partial charge in [-0.15, -0.1) is 0 Å². The highest BCUT2D eigenvalue weighted by Gasteiger charge is 2.38. The average molecular weight is 503 g/mol. The van der Waals surface area contributed by atoms with Crippen molar-refractivity contribution >= 4 is 11.9 Å². The minimum Gasteiger partial charge on any atom is -0.480 e. The lowest BCUT2D eigenvalue weighted by Gasteiger charge is -2.30. The van der Waals surface area contributed by atoms with Crippen molar-refractivity contribution in [1.82, 2.24) is 0 Å². The maximum atomic E-state index is 12.3. The first-order valence-corrected chi connectivity index (χ1v) is 14.2. The van der Waals surface area contributed by atoms with Crippen LogP contribution in [-0.4, -0.2) is 60.8 Å². The van der Waals surface area contributed by atoms with E-state index in [-0.39, 0.29) is 33.0 Å². The van der Waals surface area contributed by atoms with Gasteiger partial charge in [0.1, 0.15) is 6.61 Å². The van der Waals surface area contributed by atoms with E-state index in [1.807, 2.05) is 0 Å². The molecule has 0 radical (unpaired) electrons. The predicted molar refractivity (Wildman–Crippen MR) is 140 cm³/mol. The van der Waals surface area contributed by atoms with Crippen LogP contribution in [0, 0.1) is 0 Å². The van der Waals surface area contributed by atoms with Crippen LogP contribution in [-0.2, 0) is 23.8 Å². The van der Waals surface area contributed by atoms with E-state index in [1.54, 1.807) is 0 Å². The first kappa shape index (κ1) is 33.8. The van der Waals surface area contributed by atoms with Crippen molar-refractivity contribution in [3.63, 3.8) is 0 Å². The summed E-state index contributed by atoms with van der Waals surface area (Å²) in [5.41, 5.74) is -1.15. The summed E-state index contributed by atoms with van der Waals surface area (Å²) >= 11 is 0. The smallest absolute Gasteiger partial charge is 0.335 e. The number of carbonyl (C=O) groups is 2. The summed E-state index contributed by atoms with van der Waals surface area (Å²) in [7, 11) is 0. The van der Waals surface area contributed by atoms with Gasteiger partial charge in [-0.3, -0.25) is 0 Å². The Morgan fingerprint density at radius 2 is 0.971 bits per heavy atom. The van der Waals surface area contributed by atoms with Crippen LogP contribution in [0.4, 0.5) is 0 Å². The van der Waals surface area contributed by atoms with Crippen LogP contribution in [0.25, 0.3) is 0 Å². The molecular weight excluding hydrogens is 448 g/mol. The van der Waals surface area contributed by atoms with Crippen LogP contribution in [0.3, 0.4) is 0 Å². The van der Waals surface area contributed by atoms with Gasteiger partial charge in [-0.05, 0) is 25.7 Å². The quantitative estimate of drug-likeness (QED) is 0.111. The molecule has 0 heterocycles. The molecule has 0 aliphatic heterocycles. The Balaban J connectivity index is 4.45. The molecule has 0 unspecified atom stereocenters. The van der Waals surface area contributed by atoms with Gasteiger partial charge in [0.05, 0.1) is 26.4 Å². The number of carboxylic acids is 2. The summed E-state index contributed by atoms with van der Waals surface area (Å²) in [4.78, 5) is 22.8. The number of rotatable bonds is 28. The number of unbranched alkanes of at least 4 members (excludes halogenated alkanes) is 14. The molecule has 0 saturated heterocycles. The topological polar surface area (TPSA) is 102 Å². The largest absolute Gasteiger partial charge is 0.480 e. The molecule has 7 heteroatoms. The fourth-order valence-corrected chi connectivity index (χ4v) is 4.31. The van der Waals surface area contributed by atoms with Crippen LogP contribution < -0.4 is 0 Å². The maximum Gasteiger partial charge on any atom is 0.335 e. The fraction of sp³-hybridized carbons (Fsp3) is 0.929. The predicted octanol–water partition coefficient (Wildman–Crippen LogP) is 7.01. The van der Waals surface area contributed by atoms with Crippen molar-refractivity contribution in [3.8, 4) is 0 Å². The van der Waals surface area contributed by atoms with Crippen molar-refractivity contribution in [1.29, 1.82) is 0 Å².